The summed E-state index contributed by atoms with van der Waals surface area (Å²) in [6, 6.07) is 10.2. The van der Waals surface area contributed by atoms with Crippen molar-refractivity contribution in [3.8, 4) is 0 Å². The van der Waals surface area contributed by atoms with E-state index in [1.165, 1.54) is 21.9 Å². The van der Waals surface area contributed by atoms with Gasteiger partial charge >= 0.3 is 0 Å². The Morgan fingerprint density at radius 3 is 2.76 bits per heavy atom. The molecule has 0 bridgehead atoms. The second kappa shape index (κ2) is 6.63. The van der Waals surface area contributed by atoms with Gasteiger partial charge in [-0.2, -0.15) is 16.8 Å². The Kier molecular flexibility index (Phi) is 4.48. The number of nitrogens with one attached hydrogen (secondary N) is 2. The van der Waals surface area contributed by atoms with Gasteiger partial charge in [-0.1, -0.05) is 37.3 Å². The molecule has 3 heterocycles. The number of hydrogen-bond donors (Lipinski definition) is 3. The molecule has 3 N–H and O–H groups in total. The lowest BCUT2D eigenvalue weighted by molar-refractivity contribution is -0.760. The van der Waals surface area contributed by atoms with Crippen LogP contribution in [0.2, 0.25) is 0 Å². The van der Waals surface area contributed by atoms with Crippen LogP contribution in [0.4, 0.5) is 0 Å². The molecular formula is C20H26N3OS+. The van der Waals surface area contributed by atoms with Crippen molar-refractivity contribution in [1.29, 1.82) is 0 Å². The molecule has 3 aliphatic heterocycles. The molecule has 0 fully saturated rings. The van der Waals surface area contributed by atoms with Gasteiger partial charge in [0.1, 0.15) is 11.4 Å². The third kappa shape index (κ3) is 2.75. The SMILES string of the molecule is CCS[C@@H]1C2=C(N[C@H](c3ccccc3)[C@H]1O)C1=NC(C)=C(C)[NH+]1CC2. The number of fused-ring (bicyclic) bond motifs is 2. The van der Waals surface area contributed by atoms with Gasteiger partial charge in [0.05, 0.1) is 29.6 Å². The Labute approximate surface area is 153 Å². The number of aliphatic imine (C=N–C) groups is 1. The number of amidine groups is 1. The Morgan fingerprint density at radius 2 is 2.04 bits per heavy atom. The number of hydrogen-bond acceptors (Lipinski definition) is 4. The average molecular weight is 357 g/mol. The molecule has 4 nitrogen and oxygen atoms in total. The van der Waals surface area contributed by atoms with Gasteiger partial charge in [0, 0.05) is 13.3 Å². The zero-order chi connectivity index (χ0) is 17.6. The van der Waals surface area contributed by atoms with Crippen LogP contribution >= 0.6 is 11.8 Å². The largest absolute Gasteiger partial charge is 0.389 e. The van der Waals surface area contributed by atoms with Gasteiger partial charge in [0.15, 0.2) is 0 Å². The summed E-state index contributed by atoms with van der Waals surface area (Å²) < 4.78 is 0. The number of nitrogens with zero attached hydrogens (tertiary/aromatic N) is 1. The van der Waals surface area contributed by atoms with Crippen molar-refractivity contribution in [2.45, 2.75) is 44.6 Å². The normalized spacial score (nSPS) is 31.4. The number of thioether (sulfide) groups is 1. The van der Waals surface area contributed by atoms with E-state index in [9.17, 15) is 5.11 Å². The van der Waals surface area contributed by atoms with E-state index in [-0.39, 0.29) is 11.3 Å². The predicted molar refractivity (Wildman–Crippen MR) is 104 cm³/mol. The second-order valence-electron chi connectivity index (χ2n) is 6.95. The van der Waals surface area contributed by atoms with Gasteiger partial charge in [-0.3, -0.25) is 4.90 Å². The molecule has 1 unspecified atom stereocenters. The van der Waals surface area contributed by atoms with Crippen molar-refractivity contribution < 1.29 is 10.0 Å². The van der Waals surface area contributed by atoms with Crippen LogP contribution in [-0.2, 0) is 0 Å². The average Bonchev–Trinajstić information content (AvgIpc) is 2.92. The van der Waals surface area contributed by atoms with Crippen LogP contribution in [0.15, 0.2) is 58.0 Å². The highest BCUT2D eigenvalue weighted by atomic mass is 32.2. The molecule has 25 heavy (non-hydrogen) atoms. The molecule has 1 aromatic carbocycles. The lowest BCUT2D eigenvalue weighted by atomic mass is 9.87. The second-order valence-corrected chi connectivity index (χ2v) is 8.37. The van der Waals surface area contributed by atoms with Crippen LogP contribution in [0.1, 0.15) is 38.8 Å². The van der Waals surface area contributed by atoms with Crippen molar-refractivity contribution in [1.82, 2.24) is 5.32 Å². The predicted octanol–water partition coefficient (Wildman–Crippen LogP) is 2.02. The maximum absolute atomic E-state index is 11.1. The van der Waals surface area contributed by atoms with E-state index in [4.69, 9.17) is 4.99 Å². The fourth-order valence-electron chi connectivity index (χ4n) is 4.15. The summed E-state index contributed by atoms with van der Waals surface area (Å²) in [6.45, 7) is 7.47. The van der Waals surface area contributed by atoms with Crippen LogP contribution in [0.5, 0.6) is 0 Å². The summed E-state index contributed by atoms with van der Waals surface area (Å²) in [5.74, 6) is 2.12. The van der Waals surface area contributed by atoms with Gasteiger partial charge in [0.2, 0.25) is 0 Å². The first-order valence-corrected chi connectivity index (χ1v) is 10.1. The van der Waals surface area contributed by atoms with Crippen LogP contribution < -0.4 is 10.2 Å². The number of aliphatic hydroxyl groups excluding tert-OH is 1. The molecule has 0 saturated carbocycles. The highest BCUT2D eigenvalue weighted by Gasteiger charge is 2.45. The molecule has 0 spiro atoms. The van der Waals surface area contributed by atoms with Crippen molar-refractivity contribution >= 4 is 17.6 Å². The number of quaternary nitrogens is 1. The van der Waals surface area contributed by atoms with Gasteiger partial charge in [-0.05, 0) is 23.8 Å². The summed E-state index contributed by atoms with van der Waals surface area (Å²) in [6.07, 6.45) is 0.585. The zero-order valence-corrected chi connectivity index (χ0v) is 15.9. The molecule has 0 amide bonds. The van der Waals surface area contributed by atoms with E-state index in [0.717, 1.165) is 35.8 Å². The first kappa shape index (κ1) is 16.9. The molecular weight excluding hydrogens is 330 g/mol. The summed E-state index contributed by atoms with van der Waals surface area (Å²) in [5, 5.41) is 14.9. The molecule has 4 atom stereocenters. The Hall–Kier alpha value is -1.56. The smallest absolute Gasteiger partial charge is 0.254 e. The zero-order valence-electron chi connectivity index (χ0n) is 15.0. The minimum absolute atomic E-state index is 0.0905. The number of aliphatic hydroxyl groups is 1. The molecule has 0 aromatic heterocycles. The maximum Gasteiger partial charge on any atom is 0.254 e. The van der Waals surface area contributed by atoms with Crippen LogP contribution in [-0.4, -0.2) is 34.6 Å². The van der Waals surface area contributed by atoms with Crippen molar-refractivity contribution in [2.75, 3.05) is 12.3 Å². The van der Waals surface area contributed by atoms with Gasteiger partial charge in [-0.25, -0.2) is 0 Å². The highest BCUT2D eigenvalue weighted by molar-refractivity contribution is 8.00. The Balaban J connectivity index is 1.77. The third-order valence-electron chi connectivity index (χ3n) is 5.56. The number of rotatable bonds is 3. The number of benzene rings is 1. The molecule has 4 rings (SSSR count). The lowest BCUT2D eigenvalue weighted by Crippen LogP contribution is -3.13. The minimum Gasteiger partial charge on any atom is -0.389 e. The highest BCUT2D eigenvalue weighted by Crippen LogP contribution is 2.38. The molecule has 0 radical (unpaired) electrons. The Bertz CT molecular complexity index is 768. The summed E-state index contributed by atoms with van der Waals surface area (Å²) in [7, 11) is 0. The van der Waals surface area contributed by atoms with Crippen LogP contribution in [0, 0.1) is 0 Å². The van der Waals surface area contributed by atoms with E-state index >= 15 is 0 Å². The van der Waals surface area contributed by atoms with Crippen molar-refractivity contribution in [3.05, 3.63) is 58.6 Å². The van der Waals surface area contributed by atoms with E-state index < -0.39 is 6.10 Å². The fraction of sp³-hybridized carbons (Fsp3) is 0.450. The summed E-state index contributed by atoms with van der Waals surface area (Å²) in [5.41, 5.74) is 6.10. The lowest BCUT2D eigenvalue weighted by Gasteiger charge is -2.41. The van der Waals surface area contributed by atoms with Crippen LogP contribution in [0.3, 0.4) is 0 Å². The van der Waals surface area contributed by atoms with E-state index in [1.807, 2.05) is 30.0 Å². The summed E-state index contributed by atoms with van der Waals surface area (Å²) >= 11 is 1.85. The minimum atomic E-state index is -0.426. The quantitative estimate of drug-likeness (QED) is 0.777. The van der Waals surface area contributed by atoms with Crippen LogP contribution in [0.25, 0.3) is 0 Å². The monoisotopic (exact) mass is 356 g/mol. The molecule has 0 aliphatic carbocycles. The van der Waals surface area contributed by atoms with E-state index in [0.29, 0.717) is 0 Å². The standard InChI is InChI=1S/C20H25N3OS/c1-4-25-19-15-10-11-23-13(3)12(2)21-20(23)17(15)22-16(18(19)24)14-8-6-5-7-9-14/h5-9,16,18-19,22,24H,4,10-11H2,1-3H3/p+1/t16-,18-,19-/m1/s1. The van der Waals surface area contributed by atoms with Gasteiger partial charge in [-0.15, -0.1) is 0 Å². The molecule has 1 aromatic rings. The van der Waals surface area contributed by atoms with Crippen molar-refractivity contribution in [3.63, 3.8) is 0 Å². The van der Waals surface area contributed by atoms with Crippen molar-refractivity contribution in [2.24, 2.45) is 4.99 Å². The third-order valence-corrected chi connectivity index (χ3v) is 6.82. The molecule has 3 aliphatic rings. The molecule has 132 valence electrons. The number of allylic oxidation sites excluding steroid dienone is 2. The van der Waals surface area contributed by atoms with E-state index in [2.05, 4.69) is 38.2 Å². The molecule has 5 heteroatoms. The first-order valence-electron chi connectivity index (χ1n) is 9.09. The van der Waals surface area contributed by atoms with E-state index in [1.54, 1.807) is 0 Å². The topological polar surface area (TPSA) is 49.1 Å². The summed E-state index contributed by atoms with van der Waals surface area (Å²) in [4.78, 5) is 6.25. The fourth-order valence-corrected chi connectivity index (χ4v) is 5.30. The first-order chi connectivity index (χ1) is 12.1. The van der Waals surface area contributed by atoms with Gasteiger partial charge in [0.25, 0.3) is 5.84 Å². The molecule has 0 saturated heterocycles. The maximum atomic E-state index is 11.1. The Morgan fingerprint density at radius 1 is 1.28 bits per heavy atom. The van der Waals surface area contributed by atoms with Gasteiger partial charge < -0.3 is 10.4 Å².